The molecule has 4 nitrogen and oxygen atoms in total. The van der Waals surface area contributed by atoms with Gasteiger partial charge in [0.1, 0.15) is 11.5 Å². The molecule has 0 aliphatic rings. The van der Waals surface area contributed by atoms with Crippen molar-refractivity contribution in [2.45, 2.75) is 0 Å². The molecule has 0 saturated carbocycles. The first-order valence-electron chi connectivity index (χ1n) is 5.10. The van der Waals surface area contributed by atoms with Crippen LogP contribution < -0.4 is 5.73 Å². The molecule has 3 aromatic heterocycles. The first-order valence-corrected chi connectivity index (χ1v) is 5.47. The van der Waals surface area contributed by atoms with E-state index in [9.17, 15) is 0 Å². The quantitative estimate of drug-likeness (QED) is 0.716. The minimum absolute atomic E-state index is 0.578. The van der Waals surface area contributed by atoms with Gasteiger partial charge in [0.2, 0.25) is 0 Å². The summed E-state index contributed by atoms with van der Waals surface area (Å²) >= 11 is 6.08. The molecular weight excluding hydrogens is 236 g/mol. The highest BCUT2D eigenvalue weighted by Gasteiger charge is 2.12. The smallest absolute Gasteiger partial charge is 0.157 e. The zero-order valence-corrected chi connectivity index (χ0v) is 9.59. The number of halogens is 1. The Morgan fingerprint density at radius 2 is 1.94 bits per heavy atom. The fourth-order valence-electron chi connectivity index (χ4n) is 1.77. The number of hydrogen-bond acceptors (Lipinski definition) is 3. The molecule has 0 aliphatic heterocycles. The van der Waals surface area contributed by atoms with E-state index in [-0.39, 0.29) is 0 Å². The minimum atomic E-state index is 0.578. The van der Waals surface area contributed by atoms with Crippen LogP contribution in [-0.4, -0.2) is 14.4 Å². The molecule has 0 aromatic carbocycles. The summed E-state index contributed by atoms with van der Waals surface area (Å²) in [5, 5.41) is 0.583. The standard InChI is InChI=1S/C12H9ClN4/c13-9-2-1-7-17-11(14)10(16-12(9)17)8-3-5-15-6-4-8/h1-7H,14H2. The second-order valence-electron chi connectivity index (χ2n) is 3.63. The van der Waals surface area contributed by atoms with Crippen LogP contribution in [0.2, 0.25) is 5.02 Å². The van der Waals surface area contributed by atoms with Crippen molar-refractivity contribution < 1.29 is 0 Å². The highest BCUT2D eigenvalue weighted by molar-refractivity contribution is 6.33. The summed E-state index contributed by atoms with van der Waals surface area (Å²) in [4.78, 5) is 8.43. The Labute approximate surface area is 103 Å². The van der Waals surface area contributed by atoms with Gasteiger partial charge in [-0.1, -0.05) is 11.6 Å². The molecule has 0 spiro atoms. The Morgan fingerprint density at radius 1 is 1.18 bits per heavy atom. The van der Waals surface area contributed by atoms with E-state index >= 15 is 0 Å². The highest BCUT2D eigenvalue weighted by Crippen LogP contribution is 2.28. The molecule has 3 aromatic rings. The number of aromatic nitrogens is 3. The summed E-state index contributed by atoms with van der Waals surface area (Å²) in [6.07, 6.45) is 5.26. The summed E-state index contributed by atoms with van der Waals surface area (Å²) in [7, 11) is 0. The SMILES string of the molecule is Nc1c(-c2ccncc2)nc2c(Cl)cccn12. The molecule has 3 rings (SSSR count). The number of imidazole rings is 1. The van der Waals surface area contributed by atoms with Crippen LogP contribution >= 0.6 is 11.6 Å². The van der Waals surface area contributed by atoms with Crippen LogP contribution in [0.4, 0.5) is 5.82 Å². The van der Waals surface area contributed by atoms with Gasteiger partial charge in [-0.2, -0.15) is 0 Å². The topological polar surface area (TPSA) is 56.2 Å². The highest BCUT2D eigenvalue weighted by atomic mass is 35.5. The van der Waals surface area contributed by atoms with Gasteiger partial charge in [0.25, 0.3) is 0 Å². The van der Waals surface area contributed by atoms with Gasteiger partial charge in [-0.15, -0.1) is 0 Å². The summed E-state index contributed by atoms with van der Waals surface area (Å²) in [5.41, 5.74) is 8.38. The molecule has 0 aliphatic carbocycles. The molecule has 0 unspecified atom stereocenters. The van der Waals surface area contributed by atoms with Crippen molar-refractivity contribution in [2.75, 3.05) is 5.73 Å². The van der Waals surface area contributed by atoms with Gasteiger partial charge >= 0.3 is 0 Å². The van der Waals surface area contributed by atoms with Gasteiger partial charge in [0.15, 0.2) is 5.65 Å². The molecule has 2 N–H and O–H groups in total. The number of anilines is 1. The first-order chi connectivity index (χ1) is 8.27. The van der Waals surface area contributed by atoms with E-state index in [1.807, 2.05) is 24.4 Å². The van der Waals surface area contributed by atoms with Crippen molar-refractivity contribution in [3.05, 3.63) is 47.9 Å². The van der Waals surface area contributed by atoms with Crippen molar-refractivity contribution in [3.8, 4) is 11.3 Å². The van der Waals surface area contributed by atoms with E-state index < -0.39 is 0 Å². The number of nitrogen functional groups attached to an aromatic ring is 1. The molecule has 0 radical (unpaired) electrons. The van der Waals surface area contributed by atoms with E-state index in [0.717, 1.165) is 11.3 Å². The molecule has 5 heteroatoms. The number of nitrogens with two attached hydrogens (primary N) is 1. The predicted molar refractivity (Wildman–Crippen MR) is 67.8 cm³/mol. The van der Waals surface area contributed by atoms with Crippen LogP contribution in [0.25, 0.3) is 16.9 Å². The summed E-state index contributed by atoms with van der Waals surface area (Å²) in [6, 6.07) is 7.36. The average molecular weight is 245 g/mol. The molecule has 0 fully saturated rings. The van der Waals surface area contributed by atoms with Gasteiger partial charge in [-0.25, -0.2) is 4.98 Å². The van der Waals surface area contributed by atoms with Crippen molar-refractivity contribution in [1.29, 1.82) is 0 Å². The number of nitrogens with zero attached hydrogens (tertiary/aromatic N) is 3. The molecule has 0 bridgehead atoms. The molecule has 0 amide bonds. The van der Waals surface area contributed by atoms with E-state index in [1.54, 1.807) is 22.9 Å². The second kappa shape index (κ2) is 3.75. The lowest BCUT2D eigenvalue weighted by Gasteiger charge is -1.98. The van der Waals surface area contributed by atoms with Gasteiger partial charge in [0, 0.05) is 24.2 Å². The fraction of sp³-hybridized carbons (Fsp3) is 0. The van der Waals surface area contributed by atoms with Crippen molar-refractivity contribution in [2.24, 2.45) is 0 Å². The Bertz CT molecular complexity index is 676. The third-order valence-electron chi connectivity index (χ3n) is 2.59. The molecule has 17 heavy (non-hydrogen) atoms. The van der Waals surface area contributed by atoms with E-state index in [2.05, 4.69) is 9.97 Å². The maximum atomic E-state index is 6.08. The normalized spacial score (nSPS) is 10.9. The predicted octanol–water partition coefficient (Wildman–Crippen LogP) is 2.63. The van der Waals surface area contributed by atoms with Gasteiger partial charge < -0.3 is 5.73 Å². The minimum Gasteiger partial charge on any atom is -0.383 e. The summed E-state index contributed by atoms with van der Waals surface area (Å²) < 4.78 is 1.78. The van der Waals surface area contributed by atoms with Crippen molar-refractivity contribution in [1.82, 2.24) is 14.4 Å². The Balaban J connectivity index is 2.32. The van der Waals surface area contributed by atoms with Gasteiger partial charge in [0.05, 0.1) is 5.02 Å². The molecular formula is C12H9ClN4. The third kappa shape index (κ3) is 1.54. The third-order valence-corrected chi connectivity index (χ3v) is 2.89. The van der Waals surface area contributed by atoms with Gasteiger partial charge in [-0.05, 0) is 24.3 Å². The molecule has 3 heterocycles. The van der Waals surface area contributed by atoms with Crippen molar-refractivity contribution in [3.63, 3.8) is 0 Å². The average Bonchev–Trinajstić information content (AvgIpc) is 2.70. The lowest BCUT2D eigenvalue weighted by Crippen LogP contribution is -1.93. The van der Waals surface area contributed by atoms with Gasteiger partial charge in [-0.3, -0.25) is 9.38 Å². The van der Waals surface area contributed by atoms with E-state index in [4.69, 9.17) is 17.3 Å². The van der Waals surface area contributed by atoms with E-state index in [1.165, 1.54) is 0 Å². The molecule has 0 saturated heterocycles. The largest absolute Gasteiger partial charge is 0.383 e. The van der Waals surface area contributed by atoms with E-state index in [0.29, 0.717) is 16.5 Å². The summed E-state index contributed by atoms with van der Waals surface area (Å²) in [5.74, 6) is 0.578. The van der Waals surface area contributed by atoms with Crippen LogP contribution in [0, 0.1) is 0 Å². The van der Waals surface area contributed by atoms with Crippen molar-refractivity contribution >= 4 is 23.1 Å². The molecule has 84 valence electrons. The number of fused-ring (bicyclic) bond motifs is 1. The maximum absolute atomic E-state index is 6.08. The first kappa shape index (κ1) is 10.1. The number of hydrogen-bond donors (Lipinski definition) is 1. The lowest BCUT2D eigenvalue weighted by molar-refractivity contribution is 1.20. The van der Waals surface area contributed by atoms with Crippen LogP contribution in [0.1, 0.15) is 0 Å². The fourth-order valence-corrected chi connectivity index (χ4v) is 1.98. The second-order valence-corrected chi connectivity index (χ2v) is 4.04. The zero-order valence-electron chi connectivity index (χ0n) is 8.84. The Morgan fingerprint density at radius 3 is 2.65 bits per heavy atom. The monoisotopic (exact) mass is 244 g/mol. The van der Waals surface area contributed by atoms with Crippen LogP contribution in [0.15, 0.2) is 42.9 Å². The Kier molecular flexibility index (Phi) is 2.23. The lowest BCUT2D eigenvalue weighted by atomic mass is 10.2. The number of pyridine rings is 2. The summed E-state index contributed by atoms with van der Waals surface area (Å²) in [6.45, 7) is 0. The maximum Gasteiger partial charge on any atom is 0.157 e. The Hall–Kier alpha value is -2.07. The number of rotatable bonds is 1. The van der Waals surface area contributed by atoms with Crippen LogP contribution in [0.5, 0.6) is 0 Å². The zero-order chi connectivity index (χ0) is 11.8. The molecule has 0 atom stereocenters. The van der Waals surface area contributed by atoms with Crippen LogP contribution in [-0.2, 0) is 0 Å². The van der Waals surface area contributed by atoms with Crippen LogP contribution in [0.3, 0.4) is 0 Å².